The Hall–Kier alpha value is -2.76. The van der Waals surface area contributed by atoms with Crippen molar-refractivity contribution in [3.8, 4) is 11.5 Å². The highest BCUT2D eigenvalue weighted by Gasteiger charge is 2.41. The first-order chi connectivity index (χ1) is 15.0. The predicted octanol–water partition coefficient (Wildman–Crippen LogP) is 4.55. The number of dihydropyridines is 1. The lowest BCUT2D eigenvalue weighted by atomic mass is 9.75. The molecule has 6 nitrogen and oxygen atoms in total. The SMILES string of the molecule is COc1ccc(OC)c(C2C(C(=O)OC3CCCCC3)=C(C)NC3=C2C(=O)CCC3)c1. The van der Waals surface area contributed by atoms with Crippen LogP contribution < -0.4 is 14.8 Å². The number of hydrogen-bond donors (Lipinski definition) is 1. The minimum Gasteiger partial charge on any atom is -0.497 e. The van der Waals surface area contributed by atoms with Crippen LogP contribution in [-0.4, -0.2) is 32.1 Å². The van der Waals surface area contributed by atoms with Gasteiger partial charge in [0.25, 0.3) is 0 Å². The number of rotatable bonds is 5. The van der Waals surface area contributed by atoms with E-state index in [9.17, 15) is 9.59 Å². The van der Waals surface area contributed by atoms with E-state index in [1.54, 1.807) is 14.2 Å². The van der Waals surface area contributed by atoms with Gasteiger partial charge >= 0.3 is 5.97 Å². The minimum absolute atomic E-state index is 0.0631. The Morgan fingerprint density at radius 1 is 1.03 bits per heavy atom. The van der Waals surface area contributed by atoms with Crippen LogP contribution in [0.1, 0.15) is 69.8 Å². The fraction of sp³-hybridized carbons (Fsp3) is 0.520. The second-order valence-corrected chi connectivity index (χ2v) is 8.54. The van der Waals surface area contributed by atoms with Gasteiger partial charge in [0, 0.05) is 29.0 Å². The Morgan fingerprint density at radius 2 is 1.81 bits per heavy atom. The lowest BCUT2D eigenvalue weighted by Gasteiger charge is -2.35. The smallest absolute Gasteiger partial charge is 0.337 e. The molecule has 1 aromatic carbocycles. The first-order valence-electron chi connectivity index (χ1n) is 11.2. The normalized spacial score (nSPS) is 22.0. The molecular weight excluding hydrogens is 394 g/mol. The molecule has 2 aliphatic carbocycles. The van der Waals surface area contributed by atoms with E-state index in [0.717, 1.165) is 55.5 Å². The topological polar surface area (TPSA) is 73.9 Å². The average Bonchev–Trinajstić information content (AvgIpc) is 2.78. The van der Waals surface area contributed by atoms with Gasteiger partial charge in [0.15, 0.2) is 5.78 Å². The maximum atomic E-state index is 13.5. The number of benzene rings is 1. The van der Waals surface area contributed by atoms with Crippen LogP contribution in [0.4, 0.5) is 0 Å². The molecule has 6 heteroatoms. The van der Waals surface area contributed by atoms with Crippen LogP contribution in [0.3, 0.4) is 0 Å². The number of carbonyl (C=O) groups excluding carboxylic acids is 2. The number of nitrogens with one attached hydrogen (secondary N) is 1. The molecule has 1 heterocycles. The predicted molar refractivity (Wildman–Crippen MR) is 117 cm³/mol. The number of ether oxygens (including phenoxy) is 3. The summed E-state index contributed by atoms with van der Waals surface area (Å²) in [5.41, 5.74) is 3.54. The van der Waals surface area contributed by atoms with Crippen molar-refractivity contribution < 1.29 is 23.8 Å². The van der Waals surface area contributed by atoms with Crippen LogP contribution >= 0.6 is 0 Å². The number of methoxy groups -OCH3 is 2. The number of allylic oxidation sites excluding steroid dienone is 3. The maximum absolute atomic E-state index is 13.5. The summed E-state index contributed by atoms with van der Waals surface area (Å²) >= 11 is 0. The summed E-state index contributed by atoms with van der Waals surface area (Å²) in [7, 11) is 3.20. The quantitative estimate of drug-likeness (QED) is 0.698. The molecule has 0 amide bonds. The van der Waals surface area contributed by atoms with Crippen LogP contribution in [0.15, 0.2) is 40.7 Å². The highest BCUT2D eigenvalue weighted by atomic mass is 16.5. The fourth-order valence-electron chi connectivity index (χ4n) is 5.03. The minimum atomic E-state index is -0.537. The number of Topliss-reactive ketones (excluding diaryl/α,β-unsaturated/α-hetero) is 1. The highest BCUT2D eigenvalue weighted by Crippen LogP contribution is 2.46. The van der Waals surface area contributed by atoms with Gasteiger partial charge in [-0.3, -0.25) is 4.79 Å². The Labute approximate surface area is 183 Å². The number of esters is 1. The number of carbonyl (C=O) groups is 2. The third-order valence-electron chi connectivity index (χ3n) is 6.57. The van der Waals surface area contributed by atoms with E-state index < -0.39 is 5.92 Å². The Kier molecular flexibility index (Phi) is 6.35. The van der Waals surface area contributed by atoms with E-state index in [0.29, 0.717) is 29.1 Å². The molecule has 166 valence electrons. The molecule has 1 aromatic rings. The van der Waals surface area contributed by atoms with Crippen molar-refractivity contribution in [3.63, 3.8) is 0 Å². The van der Waals surface area contributed by atoms with E-state index in [-0.39, 0.29) is 17.9 Å². The molecule has 0 spiro atoms. The molecule has 1 aliphatic heterocycles. The van der Waals surface area contributed by atoms with Crippen molar-refractivity contribution >= 4 is 11.8 Å². The third kappa shape index (κ3) is 4.21. The van der Waals surface area contributed by atoms with Gasteiger partial charge in [0.05, 0.1) is 25.7 Å². The zero-order valence-corrected chi connectivity index (χ0v) is 18.6. The summed E-state index contributed by atoms with van der Waals surface area (Å²) in [6.07, 6.45) is 7.14. The lowest BCUT2D eigenvalue weighted by Crippen LogP contribution is -2.35. The van der Waals surface area contributed by atoms with Crippen LogP contribution in [0, 0.1) is 0 Å². The van der Waals surface area contributed by atoms with Gasteiger partial charge in [0.1, 0.15) is 17.6 Å². The number of hydrogen-bond acceptors (Lipinski definition) is 6. The molecule has 0 saturated heterocycles. The summed E-state index contributed by atoms with van der Waals surface area (Å²) in [6.45, 7) is 1.89. The average molecular weight is 426 g/mol. The van der Waals surface area contributed by atoms with Crippen molar-refractivity contribution in [1.29, 1.82) is 0 Å². The molecule has 1 unspecified atom stereocenters. The molecular formula is C25H31NO5. The van der Waals surface area contributed by atoms with E-state index >= 15 is 0 Å². The van der Waals surface area contributed by atoms with Gasteiger partial charge in [-0.1, -0.05) is 6.42 Å². The zero-order chi connectivity index (χ0) is 22.0. The van der Waals surface area contributed by atoms with Gasteiger partial charge < -0.3 is 19.5 Å². The fourth-order valence-corrected chi connectivity index (χ4v) is 5.03. The molecule has 1 atom stereocenters. The molecule has 3 aliphatic rings. The van der Waals surface area contributed by atoms with Crippen molar-refractivity contribution in [2.24, 2.45) is 0 Å². The highest BCUT2D eigenvalue weighted by molar-refractivity contribution is 6.04. The number of ketones is 1. The molecule has 0 aromatic heterocycles. The van der Waals surface area contributed by atoms with E-state index in [1.165, 1.54) is 6.42 Å². The van der Waals surface area contributed by atoms with Gasteiger partial charge in [-0.15, -0.1) is 0 Å². The van der Waals surface area contributed by atoms with Crippen LogP contribution in [0.5, 0.6) is 11.5 Å². The van der Waals surface area contributed by atoms with E-state index in [4.69, 9.17) is 14.2 Å². The van der Waals surface area contributed by atoms with Crippen molar-refractivity contribution in [2.45, 2.75) is 70.3 Å². The third-order valence-corrected chi connectivity index (χ3v) is 6.57. The van der Waals surface area contributed by atoms with Crippen LogP contribution in [0.25, 0.3) is 0 Å². The van der Waals surface area contributed by atoms with Crippen LogP contribution in [0.2, 0.25) is 0 Å². The maximum Gasteiger partial charge on any atom is 0.337 e. The summed E-state index contributed by atoms with van der Waals surface area (Å²) in [4.78, 5) is 26.6. The molecule has 0 radical (unpaired) electrons. The molecule has 0 bridgehead atoms. The van der Waals surface area contributed by atoms with Gasteiger partial charge in [-0.05, 0) is 63.6 Å². The van der Waals surface area contributed by atoms with E-state index in [2.05, 4.69) is 5.32 Å². The largest absolute Gasteiger partial charge is 0.497 e. The monoisotopic (exact) mass is 425 g/mol. The molecule has 31 heavy (non-hydrogen) atoms. The summed E-state index contributed by atoms with van der Waals surface area (Å²) in [6, 6.07) is 5.50. The summed E-state index contributed by atoms with van der Waals surface area (Å²) in [5.74, 6) is 0.451. The standard InChI is InChI=1S/C25H31NO5/c1-15-22(25(28)31-16-8-5-4-6-9-16)23(24-19(26-15)10-7-11-20(24)27)18-14-17(29-2)12-13-21(18)30-3/h12-14,16,23,26H,4-11H2,1-3H3. The second-order valence-electron chi connectivity index (χ2n) is 8.54. The summed E-state index contributed by atoms with van der Waals surface area (Å²) < 4.78 is 17.0. The van der Waals surface area contributed by atoms with Crippen molar-refractivity contribution in [1.82, 2.24) is 5.32 Å². The lowest BCUT2D eigenvalue weighted by molar-refractivity contribution is -0.146. The Bertz CT molecular complexity index is 939. The second kappa shape index (κ2) is 9.16. The van der Waals surface area contributed by atoms with Gasteiger partial charge in [-0.25, -0.2) is 4.79 Å². The van der Waals surface area contributed by atoms with Gasteiger partial charge in [-0.2, -0.15) is 0 Å². The van der Waals surface area contributed by atoms with Gasteiger partial charge in [0.2, 0.25) is 0 Å². The Balaban J connectivity index is 1.81. The van der Waals surface area contributed by atoms with Crippen molar-refractivity contribution in [2.75, 3.05) is 14.2 Å². The zero-order valence-electron chi connectivity index (χ0n) is 18.6. The first kappa shape index (κ1) is 21.5. The van der Waals surface area contributed by atoms with E-state index in [1.807, 2.05) is 25.1 Å². The van der Waals surface area contributed by atoms with Crippen molar-refractivity contribution in [3.05, 3.63) is 46.3 Å². The summed E-state index contributed by atoms with van der Waals surface area (Å²) in [5, 5.41) is 3.35. The first-order valence-corrected chi connectivity index (χ1v) is 11.2. The molecule has 1 saturated carbocycles. The van der Waals surface area contributed by atoms with Crippen LogP contribution in [-0.2, 0) is 14.3 Å². The molecule has 4 rings (SSSR count). The molecule has 1 fully saturated rings. The molecule has 1 N–H and O–H groups in total. The Morgan fingerprint density at radius 3 is 2.52 bits per heavy atom.